The predicted octanol–water partition coefficient (Wildman–Crippen LogP) is 1.98. The number of aromatic nitrogens is 4. The molecule has 0 radical (unpaired) electrons. The summed E-state index contributed by atoms with van der Waals surface area (Å²) in [5.41, 5.74) is 1.76. The van der Waals surface area contributed by atoms with Gasteiger partial charge in [-0.25, -0.2) is 28.1 Å². The maximum Gasteiger partial charge on any atom is 0.240 e. The molecule has 0 aliphatic heterocycles. The van der Waals surface area contributed by atoms with E-state index in [9.17, 15) is 8.42 Å². The Hall–Kier alpha value is -2.78. The van der Waals surface area contributed by atoms with Gasteiger partial charge in [-0.15, -0.1) is 0 Å². The highest BCUT2D eigenvalue weighted by Crippen LogP contribution is 2.16. The fourth-order valence-corrected chi connectivity index (χ4v) is 4.01. The van der Waals surface area contributed by atoms with E-state index in [1.807, 2.05) is 30.7 Å². The molecule has 27 heavy (non-hydrogen) atoms. The SMILES string of the molecule is Cc1ccc(S(=O)(=O)NCCNc2cc(-n3ccnc3C)ncn2)c(C)c1. The lowest BCUT2D eigenvalue weighted by molar-refractivity contribution is 0.582. The number of hydrogen-bond acceptors (Lipinski definition) is 6. The third-order valence-corrected chi connectivity index (χ3v) is 5.69. The first-order valence-corrected chi connectivity index (χ1v) is 9.98. The highest BCUT2D eigenvalue weighted by atomic mass is 32.2. The van der Waals surface area contributed by atoms with Crippen LogP contribution < -0.4 is 10.0 Å². The fraction of sp³-hybridized carbons (Fsp3) is 0.278. The zero-order chi connectivity index (χ0) is 19.4. The summed E-state index contributed by atoms with van der Waals surface area (Å²) < 4.78 is 29.3. The van der Waals surface area contributed by atoms with Crippen LogP contribution in [-0.2, 0) is 10.0 Å². The average molecular weight is 386 g/mol. The Balaban J connectivity index is 1.60. The third-order valence-electron chi connectivity index (χ3n) is 4.07. The Morgan fingerprint density at radius 1 is 1.04 bits per heavy atom. The first-order chi connectivity index (χ1) is 12.9. The van der Waals surface area contributed by atoms with Crippen molar-refractivity contribution in [1.82, 2.24) is 24.2 Å². The zero-order valence-electron chi connectivity index (χ0n) is 15.5. The zero-order valence-corrected chi connectivity index (χ0v) is 16.3. The summed E-state index contributed by atoms with van der Waals surface area (Å²) in [6, 6.07) is 7.06. The molecule has 0 spiro atoms. The van der Waals surface area contributed by atoms with Crippen molar-refractivity contribution in [3.8, 4) is 5.82 Å². The molecule has 2 aromatic heterocycles. The first-order valence-electron chi connectivity index (χ1n) is 8.50. The molecule has 0 fully saturated rings. The Kier molecular flexibility index (Phi) is 5.52. The number of aryl methyl sites for hydroxylation is 3. The number of benzene rings is 1. The topological polar surface area (TPSA) is 102 Å². The molecule has 0 aliphatic carbocycles. The number of hydrogen-bond donors (Lipinski definition) is 2. The van der Waals surface area contributed by atoms with E-state index in [1.165, 1.54) is 6.33 Å². The van der Waals surface area contributed by atoms with Gasteiger partial charge in [0.1, 0.15) is 23.8 Å². The largest absolute Gasteiger partial charge is 0.369 e. The van der Waals surface area contributed by atoms with Gasteiger partial charge in [0.15, 0.2) is 0 Å². The van der Waals surface area contributed by atoms with Gasteiger partial charge in [0.05, 0.1) is 4.90 Å². The van der Waals surface area contributed by atoms with Gasteiger partial charge in [-0.05, 0) is 32.4 Å². The predicted molar refractivity (Wildman–Crippen MR) is 103 cm³/mol. The van der Waals surface area contributed by atoms with E-state index in [-0.39, 0.29) is 6.54 Å². The average Bonchev–Trinajstić information content (AvgIpc) is 3.05. The van der Waals surface area contributed by atoms with Crippen molar-refractivity contribution in [1.29, 1.82) is 0 Å². The minimum atomic E-state index is -3.55. The maximum absolute atomic E-state index is 12.4. The van der Waals surface area contributed by atoms with Crippen LogP contribution in [0.15, 0.2) is 47.9 Å². The first kappa shape index (κ1) is 19.0. The molecule has 2 heterocycles. The van der Waals surface area contributed by atoms with Crippen LogP contribution >= 0.6 is 0 Å². The fourth-order valence-electron chi connectivity index (χ4n) is 2.75. The molecule has 3 aromatic rings. The summed E-state index contributed by atoms with van der Waals surface area (Å²) in [7, 11) is -3.55. The van der Waals surface area contributed by atoms with Gasteiger partial charge in [0.2, 0.25) is 10.0 Å². The molecule has 0 aliphatic rings. The summed E-state index contributed by atoms with van der Waals surface area (Å²) in [4.78, 5) is 12.9. The third kappa shape index (κ3) is 4.50. The van der Waals surface area contributed by atoms with E-state index in [1.54, 1.807) is 31.3 Å². The Morgan fingerprint density at radius 3 is 2.56 bits per heavy atom. The van der Waals surface area contributed by atoms with Gasteiger partial charge in [-0.3, -0.25) is 4.57 Å². The van der Waals surface area contributed by atoms with Crippen LogP contribution in [0.5, 0.6) is 0 Å². The van der Waals surface area contributed by atoms with Gasteiger partial charge in [-0.2, -0.15) is 0 Å². The second kappa shape index (κ2) is 7.85. The lowest BCUT2D eigenvalue weighted by Crippen LogP contribution is -2.29. The van der Waals surface area contributed by atoms with Crippen molar-refractivity contribution in [2.24, 2.45) is 0 Å². The number of anilines is 1. The van der Waals surface area contributed by atoms with Crippen molar-refractivity contribution in [2.75, 3.05) is 18.4 Å². The quantitative estimate of drug-likeness (QED) is 0.602. The number of nitrogens with one attached hydrogen (secondary N) is 2. The maximum atomic E-state index is 12.4. The molecular formula is C18H22N6O2S. The van der Waals surface area contributed by atoms with Crippen LogP contribution in [0.4, 0.5) is 5.82 Å². The highest BCUT2D eigenvalue weighted by Gasteiger charge is 2.15. The van der Waals surface area contributed by atoms with Crippen molar-refractivity contribution in [3.63, 3.8) is 0 Å². The van der Waals surface area contributed by atoms with Crippen molar-refractivity contribution < 1.29 is 8.42 Å². The van der Waals surface area contributed by atoms with Crippen LogP contribution in [0.3, 0.4) is 0 Å². The van der Waals surface area contributed by atoms with Gasteiger partial charge in [-0.1, -0.05) is 17.7 Å². The van der Waals surface area contributed by atoms with Gasteiger partial charge in [0.25, 0.3) is 0 Å². The number of sulfonamides is 1. The van der Waals surface area contributed by atoms with Crippen molar-refractivity contribution >= 4 is 15.8 Å². The lowest BCUT2D eigenvalue weighted by Gasteiger charge is -2.11. The molecule has 0 saturated heterocycles. The molecule has 3 rings (SSSR count). The molecule has 0 amide bonds. The molecule has 2 N–H and O–H groups in total. The van der Waals surface area contributed by atoms with Crippen molar-refractivity contribution in [2.45, 2.75) is 25.7 Å². The monoisotopic (exact) mass is 386 g/mol. The second-order valence-corrected chi connectivity index (χ2v) is 7.93. The summed E-state index contributed by atoms with van der Waals surface area (Å²) in [6.45, 7) is 6.24. The second-order valence-electron chi connectivity index (χ2n) is 6.20. The summed E-state index contributed by atoms with van der Waals surface area (Å²) in [5, 5.41) is 3.10. The van der Waals surface area contributed by atoms with Crippen LogP contribution in [0.1, 0.15) is 17.0 Å². The normalized spacial score (nSPS) is 11.5. The Morgan fingerprint density at radius 2 is 1.85 bits per heavy atom. The summed E-state index contributed by atoms with van der Waals surface area (Å²) in [6.07, 6.45) is 4.98. The molecule has 0 bridgehead atoms. The van der Waals surface area contributed by atoms with Crippen LogP contribution in [0.2, 0.25) is 0 Å². The highest BCUT2D eigenvalue weighted by molar-refractivity contribution is 7.89. The molecule has 0 atom stereocenters. The smallest absolute Gasteiger partial charge is 0.240 e. The van der Waals surface area contributed by atoms with Gasteiger partial charge < -0.3 is 5.32 Å². The van der Waals surface area contributed by atoms with Crippen LogP contribution in [0, 0.1) is 20.8 Å². The van der Waals surface area contributed by atoms with Gasteiger partial charge >= 0.3 is 0 Å². The molecular weight excluding hydrogens is 364 g/mol. The number of nitrogens with zero attached hydrogens (tertiary/aromatic N) is 4. The number of imidazole rings is 1. The summed E-state index contributed by atoms with van der Waals surface area (Å²) >= 11 is 0. The molecule has 0 unspecified atom stereocenters. The van der Waals surface area contributed by atoms with E-state index < -0.39 is 10.0 Å². The van der Waals surface area contributed by atoms with Crippen LogP contribution in [0.25, 0.3) is 5.82 Å². The van der Waals surface area contributed by atoms with E-state index in [0.717, 1.165) is 17.0 Å². The lowest BCUT2D eigenvalue weighted by atomic mass is 10.2. The molecule has 142 valence electrons. The number of rotatable bonds is 7. The molecule has 1 aromatic carbocycles. The summed E-state index contributed by atoms with van der Waals surface area (Å²) in [5.74, 6) is 2.12. The van der Waals surface area contributed by atoms with Crippen LogP contribution in [-0.4, -0.2) is 41.0 Å². The standard InChI is InChI=1S/C18H22N6O2S/c1-13-4-5-16(14(2)10-13)27(25,26)23-7-6-20-17-11-18(22-12-21-17)24-9-8-19-15(24)3/h4-5,8-12,23H,6-7H2,1-3H3,(H,20,21,22). The van der Waals surface area contributed by atoms with E-state index in [0.29, 0.717) is 23.1 Å². The minimum absolute atomic E-state index is 0.235. The minimum Gasteiger partial charge on any atom is -0.369 e. The van der Waals surface area contributed by atoms with E-state index >= 15 is 0 Å². The Bertz CT molecular complexity index is 1050. The molecule has 0 saturated carbocycles. The van der Waals surface area contributed by atoms with Crippen molar-refractivity contribution in [3.05, 3.63) is 59.9 Å². The van der Waals surface area contributed by atoms with E-state index in [2.05, 4.69) is 25.0 Å². The van der Waals surface area contributed by atoms with E-state index in [4.69, 9.17) is 0 Å². The Labute approximate surface area is 158 Å². The molecule has 9 heteroatoms. The van der Waals surface area contributed by atoms with Gasteiger partial charge in [0, 0.05) is 31.5 Å². The molecule has 8 nitrogen and oxygen atoms in total.